The monoisotopic (exact) mass is 424 g/mol. The summed E-state index contributed by atoms with van der Waals surface area (Å²) in [6.45, 7) is 4.04. The fourth-order valence-corrected chi connectivity index (χ4v) is 8.02. The van der Waals surface area contributed by atoms with E-state index in [-0.39, 0.29) is 29.5 Å². The summed E-state index contributed by atoms with van der Waals surface area (Å²) < 4.78 is 4.28. The molecule has 0 spiro atoms. The highest BCUT2D eigenvalue weighted by Gasteiger charge is 2.53. The van der Waals surface area contributed by atoms with Gasteiger partial charge in [0.05, 0.1) is 10.2 Å². The summed E-state index contributed by atoms with van der Waals surface area (Å²) in [4.78, 5) is 25.9. The molecule has 3 aromatic heterocycles. The number of hydrogen-bond acceptors (Lipinski definition) is 4. The summed E-state index contributed by atoms with van der Waals surface area (Å²) in [5.41, 5.74) is 1.64. The van der Waals surface area contributed by atoms with Crippen LogP contribution in [-0.2, 0) is 11.3 Å². The van der Waals surface area contributed by atoms with Gasteiger partial charge in [-0.05, 0) is 93.1 Å². The largest absolute Gasteiger partial charge is 0.351 e. The lowest BCUT2D eigenvalue weighted by atomic mass is 9.48. The Labute approximate surface area is 179 Å². The number of nitrogens with zero attached hydrogens (tertiary/aromatic N) is 3. The molecule has 1 N–H and O–H groups in total. The fraction of sp³-hybridized carbons (Fsp3) is 0.609. The third-order valence-electron chi connectivity index (χ3n) is 8.14. The standard InChI is InChI=1S/C23H28N4O2S/c1-13(23-9-15-5-16(10-23)7-17(6-15)11-23)24-21(28)12-26-22(29)19-8-20-18(3-4-30-20)27(19)14(2)25-26/h3-4,8,13,15-17H,5-7,9-12H2,1-2H3,(H,24,28)/t13-,15?,16?,17?,23?/m1/s1. The quantitative estimate of drug-likeness (QED) is 0.694. The lowest BCUT2D eigenvalue weighted by Crippen LogP contribution is -2.56. The summed E-state index contributed by atoms with van der Waals surface area (Å²) in [6, 6.07) is 4.06. The molecule has 0 unspecified atom stereocenters. The first-order valence-corrected chi connectivity index (χ1v) is 12.1. The smallest absolute Gasteiger partial charge is 0.291 e. The average molecular weight is 425 g/mol. The van der Waals surface area contributed by atoms with E-state index in [2.05, 4.69) is 17.3 Å². The Hall–Kier alpha value is -2.15. The minimum Gasteiger partial charge on any atom is -0.351 e. The Kier molecular flexibility index (Phi) is 3.98. The lowest BCUT2D eigenvalue weighted by molar-refractivity contribution is -0.126. The summed E-state index contributed by atoms with van der Waals surface area (Å²) in [7, 11) is 0. The number of amides is 1. The number of carbonyl (C=O) groups excluding carboxylic acids is 1. The summed E-state index contributed by atoms with van der Waals surface area (Å²) >= 11 is 1.61. The number of nitrogens with one attached hydrogen (secondary N) is 1. The van der Waals surface area contributed by atoms with E-state index in [1.807, 2.05) is 28.8 Å². The molecule has 0 saturated heterocycles. The lowest BCUT2D eigenvalue weighted by Gasteiger charge is -2.59. The van der Waals surface area contributed by atoms with E-state index in [4.69, 9.17) is 0 Å². The molecule has 7 rings (SSSR count). The second-order valence-electron chi connectivity index (χ2n) is 10.1. The molecular weight excluding hydrogens is 396 g/mol. The van der Waals surface area contributed by atoms with Gasteiger partial charge in [-0.3, -0.25) is 14.0 Å². The predicted octanol–water partition coefficient (Wildman–Crippen LogP) is 3.74. The van der Waals surface area contributed by atoms with Crippen LogP contribution in [0.1, 0.15) is 51.3 Å². The van der Waals surface area contributed by atoms with Gasteiger partial charge < -0.3 is 5.32 Å². The van der Waals surface area contributed by atoms with E-state index < -0.39 is 0 Å². The van der Waals surface area contributed by atoms with Crippen molar-refractivity contribution in [3.8, 4) is 0 Å². The predicted molar refractivity (Wildman–Crippen MR) is 118 cm³/mol. The van der Waals surface area contributed by atoms with Crippen LogP contribution in [-0.4, -0.2) is 26.1 Å². The third kappa shape index (κ3) is 2.70. The highest BCUT2D eigenvalue weighted by molar-refractivity contribution is 7.17. The van der Waals surface area contributed by atoms with Crippen molar-refractivity contribution in [2.24, 2.45) is 23.2 Å². The molecule has 3 aromatic rings. The van der Waals surface area contributed by atoms with Crippen LogP contribution < -0.4 is 10.9 Å². The first-order chi connectivity index (χ1) is 14.4. The number of aryl methyl sites for hydroxylation is 1. The van der Waals surface area contributed by atoms with E-state index >= 15 is 0 Å². The van der Waals surface area contributed by atoms with Gasteiger partial charge in [-0.2, -0.15) is 5.10 Å². The van der Waals surface area contributed by atoms with E-state index in [1.165, 1.54) is 43.2 Å². The topological polar surface area (TPSA) is 68.4 Å². The Morgan fingerprint density at radius 2 is 1.90 bits per heavy atom. The molecule has 0 aliphatic heterocycles. The van der Waals surface area contributed by atoms with Gasteiger partial charge >= 0.3 is 0 Å². The Balaban J connectivity index is 1.24. The maximum Gasteiger partial charge on any atom is 0.291 e. The van der Waals surface area contributed by atoms with Gasteiger partial charge in [0, 0.05) is 6.04 Å². The Bertz CT molecular complexity index is 1180. The maximum atomic E-state index is 13.0. The van der Waals surface area contributed by atoms with Crippen molar-refractivity contribution in [2.45, 2.75) is 65.0 Å². The highest BCUT2D eigenvalue weighted by atomic mass is 32.1. The number of aromatic nitrogens is 3. The zero-order valence-corrected chi connectivity index (χ0v) is 18.4. The first kappa shape index (κ1) is 18.6. The highest BCUT2D eigenvalue weighted by Crippen LogP contribution is 2.61. The molecule has 0 radical (unpaired) electrons. The second-order valence-corrected chi connectivity index (χ2v) is 11.1. The second kappa shape index (κ2) is 6.42. The van der Waals surface area contributed by atoms with Crippen LogP contribution in [0.4, 0.5) is 0 Å². The van der Waals surface area contributed by atoms with Gasteiger partial charge in [-0.1, -0.05) is 0 Å². The van der Waals surface area contributed by atoms with Crippen LogP contribution in [0.3, 0.4) is 0 Å². The van der Waals surface area contributed by atoms with Crippen LogP contribution >= 0.6 is 11.3 Å². The van der Waals surface area contributed by atoms with Crippen LogP contribution in [0.2, 0.25) is 0 Å². The Morgan fingerprint density at radius 3 is 2.57 bits per heavy atom. The van der Waals surface area contributed by atoms with Crippen molar-refractivity contribution < 1.29 is 4.79 Å². The van der Waals surface area contributed by atoms with E-state index in [0.717, 1.165) is 33.8 Å². The normalized spacial score (nSPS) is 30.9. The van der Waals surface area contributed by atoms with Crippen LogP contribution in [0.15, 0.2) is 22.3 Å². The van der Waals surface area contributed by atoms with Crippen LogP contribution in [0.5, 0.6) is 0 Å². The SMILES string of the molecule is Cc1nn(CC(=O)N[C@H](C)C23CC4CC(CC(C4)C2)C3)c(=O)c2cc3sccc3n12. The van der Waals surface area contributed by atoms with Crippen molar-refractivity contribution in [3.05, 3.63) is 33.7 Å². The molecule has 3 heterocycles. The van der Waals surface area contributed by atoms with Crippen LogP contribution in [0, 0.1) is 30.1 Å². The van der Waals surface area contributed by atoms with E-state index in [9.17, 15) is 9.59 Å². The molecule has 1 atom stereocenters. The number of carbonyl (C=O) groups is 1. The van der Waals surface area contributed by atoms with Crippen molar-refractivity contribution in [1.29, 1.82) is 0 Å². The zero-order chi connectivity index (χ0) is 20.6. The van der Waals surface area contributed by atoms with Gasteiger partial charge in [0.15, 0.2) is 0 Å². The summed E-state index contributed by atoms with van der Waals surface area (Å²) in [5, 5.41) is 9.73. The molecule has 4 aliphatic carbocycles. The van der Waals surface area contributed by atoms with Gasteiger partial charge in [0.25, 0.3) is 5.56 Å². The van der Waals surface area contributed by atoms with E-state index in [1.54, 1.807) is 11.3 Å². The Morgan fingerprint density at radius 1 is 1.23 bits per heavy atom. The van der Waals surface area contributed by atoms with Gasteiger partial charge in [0.1, 0.15) is 17.9 Å². The first-order valence-electron chi connectivity index (χ1n) is 11.2. The number of hydrogen-bond donors (Lipinski definition) is 1. The maximum absolute atomic E-state index is 13.0. The van der Waals surface area contributed by atoms with Crippen molar-refractivity contribution in [1.82, 2.24) is 19.5 Å². The molecule has 158 valence electrons. The van der Waals surface area contributed by atoms with E-state index in [0.29, 0.717) is 5.52 Å². The molecule has 30 heavy (non-hydrogen) atoms. The van der Waals surface area contributed by atoms with Crippen molar-refractivity contribution in [2.75, 3.05) is 0 Å². The molecule has 4 saturated carbocycles. The number of thiophene rings is 1. The molecule has 4 fully saturated rings. The molecule has 1 amide bonds. The van der Waals surface area contributed by atoms with Gasteiger partial charge in [-0.25, -0.2) is 4.68 Å². The average Bonchev–Trinajstić information content (AvgIpc) is 3.26. The molecule has 6 nitrogen and oxygen atoms in total. The molecule has 4 bridgehead atoms. The minimum atomic E-state index is -0.207. The molecule has 0 aromatic carbocycles. The fourth-order valence-electron chi connectivity index (χ4n) is 7.22. The van der Waals surface area contributed by atoms with Gasteiger partial charge in [-0.15, -0.1) is 11.3 Å². The molecule has 4 aliphatic rings. The molecular formula is C23H28N4O2S. The van der Waals surface area contributed by atoms with Crippen molar-refractivity contribution >= 4 is 33.0 Å². The third-order valence-corrected chi connectivity index (χ3v) is 8.99. The minimum absolute atomic E-state index is 0.0221. The van der Waals surface area contributed by atoms with Crippen molar-refractivity contribution in [3.63, 3.8) is 0 Å². The zero-order valence-electron chi connectivity index (χ0n) is 17.6. The van der Waals surface area contributed by atoms with Crippen LogP contribution in [0.25, 0.3) is 15.7 Å². The molecule has 7 heteroatoms. The summed E-state index contributed by atoms with van der Waals surface area (Å²) in [6.07, 6.45) is 7.95. The summed E-state index contributed by atoms with van der Waals surface area (Å²) in [5.74, 6) is 3.18. The number of rotatable bonds is 4. The number of fused-ring (bicyclic) bond motifs is 3. The van der Waals surface area contributed by atoms with Gasteiger partial charge in [0.2, 0.25) is 5.91 Å².